The molecule has 0 saturated carbocycles. The summed E-state index contributed by atoms with van der Waals surface area (Å²) in [5.41, 5.74) is 0.407. The fourth-order valence-corrected chi connectivity index (χ4v) is 4.12. The number of sulfonamides is 1. The van der Waals surface area contributed by atoms with E-state index in [9.17, 15) is 13.2 Å². The van der Waals surface area contributed by atoms with Gasteiger partial charge in [0.2, 0.25) is 10.0 Å². The van der Waals surface area contributed by atoms with E-state index < -0.39 is 15.9 Å². The minimum atomic E-state index is -4.08. The van der Waals surface area contributed by atoms with Gasteiger partial charge in [-0.2, -0.15) is 0 Å². The number of primary sulfonamides is 1. The van der Waals surface area contributed by atoms with E-state index in [-0.39, 0.29) is 20.5 Å². The Bertz CT molecular complexity index is 943. The Kier molecular flexibility index (Phi) is 5.38. The van der Waals surface area contributed by atoms with Crippen molar-refractivity contribution in [2.24, 2.45) is 5.14 Å². The molecule has 1 aliphatic heterocycles. The Morgan fingerprint density at radius 2 is 1.85 bits per heavy atom. The first kappa shape index (κ1) is 18.9. The molecule has 10 heteroatoms. The van der Waals surface area contributed by atoms with Gasteiger partial charge in [0, 0.05) is 13.1 Å². The molecule has 1 aliphatic rings. The molecule has 3 N–H and O–H groups in total. The lowest BCUT2D eigenvalue weighted by Gasteiger charge is -2.16. The lowest BCUT2D eigenvalue weighted by atomic mass is 10.2. The lowest BCUT2D eigenvalue weighted by molar-refractivity contribution is 0.102. The van der Waals surface area contributed by atoms with Crippen LogP contribution in [0, 0.1) is 0 Å². The van der Waals surface area contributed by atoms with Gasteiger partial charge in [-0.3, -0.25) is 4.79 Å². The number of hydrogen-bond acceptors (Lipinski definition) is 5. The summed E-state index contributed by atoms with van der Waals surface area (Å²) in [6.45, 7) is 1.94. The van der Waals surface area contributed by atoms with Crippen LogP contribution in [-0.4, -0.2) is 32.4 Å². The Balaban J connectivity index is 1.81. The summed E-state index contributed by atoms with van der Waals surface area (Å²) in [5, 5.41) is 7.60. The van der Waals surface area contributed by atoms with E-state index in [1.165, 1.54) is 12.3 Å². The van der Waals surface area contributed by atoms with Gasteiger partial charge in [0.15, 0.2) is 0 Å². The van der Waals surface area contributed by atoms with Crippen molar-refractivity contribution < 1.29 is 13.2 Å². The molecule has 3 rings (SSSR count). The molecule has 1 aromatic carbocycles. The molecule has 2 heterocycles. The number of hydrogen-bond donors (Lipinski definition) is 2. The van der Waals surface area contributed by atoms with E-state index in [0.717, 1.165) is 37.8 Å². The van der Waals surface area contributed by atoms with Gasteiger partial charge < -0.3 is 10.2 Å². The molecular weight excluding hydrogens is 399 g/mol. The Labute approximate surface area is 161 Å². The largest absolute Gasteiger partial charge is 0.357 e. The first-order valence-corrected chi connectivity index (χ1v) is 10.1. The second-order valence-corrected chi connectivity index (χ2v) is 8.21. The van der Waals surface area contributed by atoms with Crippen molar-refractivity contribution in [3.63, 3.8) is 0 Å². The van der Waals surface area contributed by atoms with E-state index in [0.29, 0.717) is 5.69 Å². The number of halogens is 2. The zero-order valence-electron chi connectivity index (χ0n) is 13.6. The Morgan fingerprint density at radius 1 is 1.15 bits per heavy atom. The highest BCUT2D eigenvalue weighted by Gasteiger charge is 2.20. The molecule has 0 atom stereocenters. The monoisotopic (exact) mass is 414 g/mol. The summed E-state index contributed by atoms with van der Waals surface area (Å²) in [4.78, 5) is 18.6. The third-order valence-electron chi connectivity index (χ3n) is 4.01. The zero-order valence-corrected chi connectivity index (χ0v) is 15.9. The number of amides is 1. The van der Waals surface area contributed by atoms with Crippen LogP contribution < -0.4 is 15.4 Å². The third-order valence-corrected chi connectivity index (χ3v) is 5.70. The van der Waals surface area contributed by atoms with Crippen molar-refractivity contribution in [3.05, 3.63) is 46.1 Å². The van der Waals surface area contributed by atoms with Crippen LogP contribution in [-0.2, 0) is 10.0 Å². The first-order valence-electron chi connectivity index (χ1n) is 7.80. The van der Waals surface area contributed by atoms with Crippen LogP contribution in [0.2, 0.25) is 10.0 Å². The van der Waals surface area contributed by atoms with Crippen molar-refractivity contribution in [1.29, 1.82) is 0 Å². The van der Waals surface area contributed by atoms with E-state index in [1.54, 1.807) is 6.07 Å². The summed E-state index contributed by atoms with van der Waals surface area (Å²) < 4.78 is 23.1. The molecule has 138 valence electrons. The number of anilines is 2. The van der Waals surface area contributed by atoms with Gasteiger partial charge in [-0.15, -0.1) is 0 Å². The Hall–Kier alpha value is -1.87. The molecule has 0 unspecified atom stereocenters. The normalized spacial score (nSPS) is 14.5. The summed E-state index contributed by atoms with van der Waals surface area (Å²) in [6.07, 6.45) is 3.82. The number of pyridine rings is 1. The fourth-order valence-electron chi connectivity index (χ4n) is 2.71. The molecule has 7 nitrogen and oxygen atoms in total. The average molecular weight is 415 g/mol. The highest BCUT2D eigenvalue weighted by molar-refractivity contribution is 7.89. The molecule has 0 aliphatic carbocycles. The zero-order chi connectivity index (χ0) is 18.9. The van der Waals surface area contributed by atoms with Crippen molar-refractivity contribution in [2.45, 2.75) is 17.7 Å². The van der Waals surface area contributed by atoms with Gasteiger partial charge in [0.1, 0.15) is 10.7 Å². The second-order valence-electron chi connectivity index (χ2n) is 5.86. The lowest BCUT2D eigenvalue weighted by Crippen LogP contribution is -2.19. The average Bonchev–Trinajstić information content (AvgIpc) is 3.08. The number of nitrogens with two attached hydrogens (primary N) is 1. The predicted molar refractivity (Wildman–Crippen MR) is 101 cm³/mol. The Morgan fingerprint density at radius 3 is 2.42 bits per heavy atom. The van der Waals surface area contributed by atoms with Gasteiger partial charge >= 0.3 is 0 Å². The van der Waals surface area contributed by atoms with Gasteiger partial charge in [-0.1, -0.05) is 23.2 Å². The van der Waals surface area contributed by atoms with E-state index in [2.05, 4.69) is 15.2 Å². The quantitative estimate of drug-likeness (QED) is 0.799. The molecule has 1 saturated heterocycles. The maximum Gasteiger partial charge on any atom is 0.257 e. The van der Waals surface area contributed by atoms with Gasteiger partial charge in [-0.05, 0) is 37.1 Å². The second kappa shape index (κ2) is 7.40. The fraction of sp³-hybridized carbons (Fsp3) is 0.250. The standard InChI is InChI=1S/C16H16Cl2N4O3S/c17-12-8-13(18)14(26(19,24)25)7-11(12)16(23)21-10-3-4-15(20-9-10)22-5-1-2-6-22/h3-4,7-9H,1-2,5-6H2,(H,21,23)(H2,19,24,25). The molecule has 26 heavy (non-hydrogen) atoms. The molecule has 0 radical (unpaired) electrons. The number of benzene rings is 1. The van der Waals surface area contributed by atoms with Gasteiger partial charge in [0.25, 0.3) is 5.91 Å². The van der Waals surface area contributed by atoms with Crippen LogP contribution in [0.5, 0.6) is 0 Å². The van der Waals surface area contributed by atoms with Crippen LogP contribution in [0.1, 0.15) is 23.2 Å². The highest BCUT2D eigenvalue weighted by atomic mass is 35.5. The van der Waals surface area contributed by atoms with Crippen molar-refractivity contribution in [2.75, 3.05) is 23.3 Å². The topological polar surface area (TPSA) is 105 Å². The minimum absolute atomic E-state index is 0.0153. The van der Waals surface area contributed by atoms with Crippen LogP contribution in [0.25, 0.3) is 0 Å². The van der Waals surface area contributed by atoms with Crippen molar-refractivity contribution in [3.8, 4) is 0 Å². The van der Waals surface area contributed by atoms with E-state index in [4.69, 9.17) is 28.3 Å². The van der Waals surface area contributed by atoms with Crippen LogP contribution in [0.3, 0.4) is 0 Å². The minimum Gasteiger partial charge on any atom is -0.357 e. The van der Waals surface area contributed by atoms with Crippen molar-refractivity contribution >= 4 is 50.6 Å². The summed E-state index contributed by atoms with van der Waals surface area (Å²) in [7, 11) is -4.08. The summed E-state index contributed by atoms with van der Waals surface area (Å²) >= 11 is 11.9. The number of nitrogens with zero attached hydrogens (tertiary/aromatic N) is 2. The SMILES string of the molecule is NS(=O)(=O)c1cc(C(=O)Nc2ccc(N3CCCC3)nc2)c(Cl)cc1Cl. The number of rotatable bonds is 4. The maximum absolute atomic E-state index is 12.5. The van der Waals surface area contributed by atoms with E-state index in [1.807, 2.05) is 6.07 Å². The molecule has 1 amide bonds. The summed E-state index contributed by atoms with van der Waals surface area (Å²) in [6, 6.07) is 5.77. The smallest absolute Gasteiger partial charge is 0.257 e. The van der Waals surface area contributed by atoms with Crippen LogP contribution >= 0.6 is 23.2 Å². The predicted octanol–water partition coefficient (Wildman–Crippen LogP) is 2.89. The number of carbonyl (C=O) groups excluding carboxylic acids is 1. The summed E-state index contributed by atoms with van der Waals surface area (Å²) in [5.74, 6) is 0.258. The van der Waals surface area contributed by atoms with Gasteiger partial charge in [0.05, 0.1) is 27.5 Å². The number of aromatic nitrogens is 1. The molecule has 0 spiro atoms. The highest BCUT2D eigenvalue weighted by Crippen LogP contribution is 2.28. The molecular formula is C16H16Cl2N4O3S. The van der Waals surface area contributed by atoms with E-state index >= 15 is 0 Å². The molecule has 1 aromatic heterocycles. The van der Waals surface area contributed by atoms with Gasteiger partial charge in [-0.25, -0.2) is 18.5 Å². The first-order chi connectivity index (χ1) is 12.3. The molecule has 2 aromatic rings. The van der Waals surface area contributed by atoms with Crippen molar-refractivity contribution in [1.82, 2.24) is 4.98 Å². The third kappa shape index (κ3) is 4.09. The molecule has 1 fully saturated rings. The maximum atomic E-state index is 12.5. The van der Waals surface area contributed by atoms with Crippen LogP contribution in [0.4, 0.5) is 11.5 Å². The van der Waals surface area contributed by atoms with Crippen LogP contribution in [0.15, 0.2) is 35.4 Å². The number of carbonyl (C=O) groups is 1. The number of nitrogens with one attached hydrogen (secondary N) is 1. The molecule has 0 bridgehead atoms.